The van der Waals surface area contributed by atoms with Crippen molar-refractivity contribution in [2.45, 2.75) is 45.1 Å². The first-order valence-corrected chi connectivity index (χ1v) is 7.71. The highest BCUT2D eigenvalue weighted by Gasteiger charge is 2.22. The minimum Gasteiger partial charge on any atom is -0.479 e. The molecule has 5 nitrogen and oxygen atoms in total. The van der Waals surface area contributed by atoms with Crippen molar-refractivity contribution < 1.29 is 14.6 Å². The fraction of sp³-hybridized carbons (Fsp3) is 0.412. The Morgan fingerprint density at radius 1 is 1.41 bits per heavy atom. The van der Waals surface area contributed by atoms with Gasteiger partial charge in [-0.3, -0.25) is 4.98 Å². The molecule has 1 aromatic carbocycles. The molecule has 1 heterocycles. The van der Waals surface area contributed by atoms with Crippen molar-refractivity contribution in [2.24, 2.45) is 0 Å². The molecule has 0 bridgehead atoms. The Morgan fingerprint density at radius 3 is 2.91 bits per heavy atom. The number of ether oxygens (including phenoxy) is 1. The van der Waals surface area contributed by atoms with E-state index in [1.807, 2.05) is 12.1 Å². The zero-order valence-electron chi connectivity index (χ0n) is 12.6. The van der Waals surface area contributed by atoms with Crippen LogP contribution in [0.1, 0.15) is 37.4 Å². The van der Waals surface area contributed by atoms with E-state index >= 15 is 0 Å². The summed E-state index contributed by atoms with van der Waals surface area (Å²) in [6.45, 7) is 1.79. The predicted octanol–water partition coefficient (Wildman–Crippen LogP) is 2.94. The van der Waals surface area contributed by atoms with E-state index in [-0.39, 0.29) is 0 Å². The number of benzene rings is 1. The minimum absolute atomic E-state index is 0.393. The standard InChI is InChI=1S/C17H20N2O3/c1-2-13(17(20)21)22-14-9-5-8-12-15(14)16(18)10-6-3-4-7-11(10)19-12/h5,8-9,13H,2-4,6-7H2,1H3,(H2,18,19)(H,20,21). The van der Waals surface area contributed by atoms with Crippen LogP contribution in [0.4, 0.5) is 5.69 Å². The van der Waals surface area contributed by atoms with E-state index in [0.717, 1.165) is 47.8 Å². The molecule has 0 aliphatic heterocycles. The van der Waals surface area contributed by atoms with E-state index in [1.54, 1.807) is 13.0 Å². The van der Waals surface area contributed by atoms with Gasteiger partial charge in [-0.1, -0.05) is 13.0 Å². The second-order valence-electron chi connectivity index (χ2n) is 5.66. The van der Waals surface area contributed by atoms with E-state index in [9.17, 15) is 9.90 Å². The zero-order chi connectivity index (χ0) is 15.7. The Balaban J connectivity index is 2.13. The maximum Gasteiger partial charge on any atom is 0.344 e. The fourth-order valence-corrected chi connectivity index (χ4v) is 3.04. The second-order valence-corrected chi connectivity index (χ2v) is 5.66. The largest absolute Gasteiger partial charge is 0.479 e. The summed E-state index contributed by atoms with van der Waals surface area (Å²) in [6.07, 6.45) is 3.64. The molecule has 3 N–H and O–H groups in total. The van der Waals surface area contributed by atoms with E-state index in [1.165, 1.54) is 0 Å². The monoisotopic (exact) mass is 300 g/mol. The normalized spacial score (nSPS) is 15.3. The highest BCUT2D eigenvalue weighted by Crippen LogP contribution is 2.36. The number of pyridine rings is 1. The van der Waals surface area contributed by atoms with Crippen LogP contribution in [0.15, 0.2) is 18.2 Å². The van der Waals surface area contributed by atoms with Crippen LogP contribution in [0.5, 0.6) is 5.75 Å². The second kappa shape index (κ2) is 5.83. The lowest BCUT2D eigenvalue weighted by Gasteiger charge is -2.21. The quantitative estimate of drug-likeness (QED) is 0.906. The van der Waals surface area contributed by atoms with Crippen molar-refractivity contribution in [3.05, 3.63) is 29.5 Å². The lowest BCUT2D eigenvalue weighted by atomic mass is 9.93. The first-order valence-electron chi connectivity index (χ1n) is 7.71. The van der Waals surface area contributed by atoms with Gasteiger partial charge in [-0.2, -0.15) is 0 Å². The molecule has 116 valence electrons. The van der Waals surface area contributed by atoms with Crippen LogP contribution in [-0.2, 0) is 17.6 Å². The van der Waals surface area contributed by atoms with Gasteiger partial charge in [0.2, 0.25) is 0 Å². The topological polar surface area (TPSA) is 85.4 Å². The van der Waals surface area contributed by atoms with Crippen molar-refractivity contribution in [3.63, 3.8) is 0 Å². The maximum atomic E-state index is 11.2. The third-order valence-corrected chi connectivity index (χ3v) is 4.21. The number of hydrogen-bond donors (Lipinski definition) is 2. The molecule has 0 amide bonds. The van der Waals surface area contributed by atoms with Crippen molar-refractivity contribution in [1.82, 2.24) is 4.98 Å². The van der Waals surface area contributed by atoms with Gasteiger partial charge in [0.15, 0.2) is 6.10 Å². The molecule has 22 heavy (non-hydrogen) atoms. The fourth-order valence-electron chi connectivity index (χ4n) is 3.04. The SMILES string of the molecule is CCC(Oc1cccc2nc3c(c(N)c12)CCCC3)C(=O)O. The Hall–Kier alpha value is -2.30. The van der Waals surface area contributed by atoms with E-state index in [2.05, 4.69) is 0 Å². The van der Waals surface area contributed by atoms with E-state index in [4.69, 9.17) is 15.5 Å². The summed E-state index contributed by atoms with van der Waals surface area (Å²) in [5.74, 6) is -0.464. The number of carbonyl (C=O) groups is 1. The predicted molar refractivity (Wildman–Crippen MR) is 85.1 cm³/mol. The number of nitrogens with zero attached hydrogens (tertiary/aromatic N) is 1. The molecule has 0 spiro atoms. The summed E-state index contributed by atoms with van der Waals surface area (Å²) >= 11 is 0. The first-order chi connectivity index (χ1) is 10.6. The van der Waals surface area contributed by atoms with Crippen molar-refractivity contribution in [1.29, 1.82) is 0 Å². The maximum absolute atomic E-state index is 11.2. The zero-order valence-corrected chi connectivity index (χ0v) is 12.6. The number of hydrogen-bond acceptors (Lipinski definition) is 4. The van der Waals surface area contributed by atoms with Crippen LogP contribution in [0.2, 0.25) is 0 Å². The van der Waals surface area contributed by atoms with Gasteiger partial charge in [0.05, 0.1) is 10.9 Å². The molecule has 0 saturated heterocycles. The summed E-state index contributed by atoms with van der Waals surface area (Å²) in [4.78, 5) is 15.9. The molecule has 0 radical (unpaired) electrons. The average Bonchev–Trinajstić information content (AvgIpc) is 2.52. The number of aliphatic carboxylic acids is 1. The van der Waals surface area contributed by atoms with Gasteiger partial charge < -0.3 is 15.6 Å². The highest BCUT2D eigenvalue weighted by molar-refractivity contribution is 5.97. The molecule has 2 aromatic rings. The number of nitrogen functional groups attached to an aromatic ring is 1. The van der Waals surface area contributed by atoms with Gasteiger partial charge in [-0.25, -0.2) is 4.79 Å². The van der Waals surface area contributed by atoms with Gasteiger partial charge in [0, 0.05) is 11.4 Å². The van der Waals surface area contributed by atoms with Gasteiger partial charge in [-0.05, 0) is 49.8 Å². The summed E-state index contributed by atoms with van der Waals surface area (Å²) in [5.41, 5.74) is 9.99. The number of carboxylic acids is 1. The Kier molecular flexibility index (Phi) is 3.88. The van der Waals surface area contributed by atoms with Crippen molar-refractivity contribution in [3.8, 4) is 5.75 Å². The third kappa shape index (κ3) is 2.47. The Morgan fingerprint density at radius 2 is 2.18 bits per heavy atom. The van der Waals surface area contributed by atoms with E-state index < -0.39 is 12.1 Å². The Labute approximate surface area is 129 Å². The smallest absolute Gasteiger partial charge is 0.344 e. The van der Waals surface area contributed by atoms with Crippen molar-refractivity contribution in [2.75, 3.05) is 5.73 Å². The molecular weight excluding hydrogens is 280 g/mol. The van der Waals surface area contributed by atoms with Crippen molar-refractivity contribution >= 4 is 22.6 Å². The molecule has 1 aliphatic carbocycles. The number of fused-ring (bicyclic) bond motifs is 2. The summed E-state index contributed by atoms with van der Waals surface area (Å²) in [7, 11) is 0. The number of carboxylic acid groups (broad SMARTS) is 1. The number of anilines is 1. The third-order valence-electron chi connectivity index (χ3n) is 4.21. The number of nitrogens with two attached hydrogens (primary N) is 1. The number of rotatable bonds is 4. The van der Waals surface area contributed by atoms with Crippen LogP contribution in [0, 0.1) is 0 Å². The van der Waals surface area contributed by atoms with Gasteiger partial charge in [-0.15, -0.1) is 0 Å². The Bertz CT molecular complexity index is 727. The van der Waals surface area contributed by atoms with Crippen LogP contribution in [-0.4, -0.2) is 22.2 Å². The number of aromatic nitrogens is 1. The summed E-state index contributed by atoms with van der Waals surface area (Å²) < 4.78 is 5.69. The highest BCUT2D eigenvalue weighted by atomic mass is 16.5. The minimum atomic E-state index is -0.969. The first kappa shape index (κ1) is 14.6. The van der Waals surface area contributed by atoms with Crippen LogP contribution in [0.25, 0.3) is 10.9 Å². The van der Waals surface area contributed by atoms with Gasteiger partial charge in [0.1, 0.15) is 5.75 Å². The van der Waals surface area contributed by atoms with Crippen LogP contribution in [0.3, 0.4) is 0 Å². The molecular formula is C17H20N2O3. The van der Waals surface area contributed by atoms with E-state index in [0.29, 0.717) is 17.9 Å². The molecule has 0 saturated carbocycles. The molecule has 1 aliphatic rings. The molecule has 1 aromatic heterocycles. The molecule has 3 rings (SSSR count). The number of aryl methyl sites for hydroxylation is 1. The average molecular weight is 300 g/mol. The molecule has 0 fully saturated rings. The molecule has 1 unspecified atom stereocenters. The summed E-state index contributed by atoms with van der Waals surface area (Å²) in [5, 5.41) is 9.93. The van der Waals surface area contributed by atoms with Gasteiger partial charge in [0.25, 0.3) is 0 Å². The molecule has 1 atom stereocenters. The van der Waals surface area contributed by atoms with Gasteiger partial charge >= 0.3 is 5.97 Å². The molecule has 5 heteroatoms. The lowest BCUT2D eigenvalue weighted by Crippen LogP contribution is -2.26. The lowest BCUT2D eigenvalue weighted by molar-refractivity contribution is -0.145. The van der Waals surface area contributed by atoms with Crippen LogP contribution < -0.4 is 10.5 Å². The summed E-state index contributed by atoms with van der Waals surface area (Å²) in [6, 6.07) is 5.49. The van der Waals surface area contributed by atoms with Crippen LogP contribution >= 0.6 is 0 Å².